The maximum atomic E-state index is 13.8. The molecule has 1 saturated carbocycles. The number of hydrogen-bond donors (Lipinski definition) is 1. The maximum absolute atomic E-state index is 13.8. The lowest BCUT2D eigenvalue weighted by Crippen LogP contribution is -2.68. The molecule has 0 aromatic heterocycles. The summed E-state index contributed by atoms with van der Waals surface area (Å²) < 4.78 is 6.46. The van der Waals surface area contributed by atoms with E-state index in [9.17, 15) is 9.90 Å². The van der Waals surface area contributed by atoms with Crippen molar-refractivity contribution in [2.45, 2.75) is 63.0 Å². The molecule has 1 N–H and O–H groups in total. The van der Waals surface area contributed by atoms with Crippen molar-refractivity contribution >= 4 is 29.1 Å². The van der Waals surface area contributed by atoms with Gasteiger partial charge in [-0.15, -0.1) is 6.58 Å². The highest BCUT2D eigenvalue weighted by molar-refractivity contribution is 6.42. The molecule has 2 aromatic carbocycles. The lowest BCUT2D eigenvalue weighted by molar-refractivity contribution is -0.161. The van der Waals surface area contributed by atoms with E-state index in [2.05, 4.69) is 36.3 Å². The Bertz CT molecular complexity index is 1160. The molecule has 1 heterocycles. The molecule has 2 aliphatic rings. The van der Waals surface area contributed by atoms with Crippen molar-refractivity contribution in [3.8, 4) is 5.75 Å². The van der Waals surface area contributed by atoms with E-state index in [0.717, 1.165) is 56.4 Å². The summed E-state index contributed by atoms with van der Waals surface area (Å²) in [6.45, 7) is 11.4. The summed E-state index contributed by atoms with van der Waals surface area (Å²) in [6, 6.07) is 13.1. The van der Waals surface area contributed by atoms with Crippen LogP contribution in [0.2, 0.25) is 10.0 Å². The Balaban J connectivity index is 1.70. The molecule has 1 saturated heterocycles. The van der Waals surface area contributed by atoms with Crippen LogP contribution in [0.4, 0.5) is 0 Å². The van der Waals surface area contributed by atoms with Gasteiger partial charge in [-0.05, 0) is 73.5 Å². The maximum Gasteiger partial charge on any atom is 0.227 e. The summed E-state index contributed by atoms with van der Waals surface area (Å²) in [7, 11) is 1.82. The van der Waals surface area contributed by atoms with E-state index in [1.807, 2.05) is 31.4 Å². The Morgan fingerprint density at radius 2 is 2.03 bits per heavy atom. The fourth-order valence-corrected chi connectivity index (χ4v) is 7.07. The number of nitrogens with zero attached hydrogens (tertiary/aromatic N) is 2. The highest BCUT2D eigenvalue weighted by Crippen LogP contribution is 2.54. The van der Waals surface area contributed by atoms with Gasteiger partial charge >= 0.3 is 0 Å². The van der Waals surface area contributed by atoms with Gasteiger partial charge in [0.1, 0.15) is 5.75 Å². The molecule has 0 radical (unpaired) electrons. The van der Waals surface area contributed by atoms with E-state index in [1.54, 1.807) is 18.2 Å². The monoisotopic (exact) mass is 558 g/mol. The van der Waals surface area contributed by atoms with Crippen LogP contribution in [0.1, 0.15) is 50.7 Å². The third-order valence-electron chi connectivity index (χ3n) is 8.51. The number of methoxy groups -OCH3 is 1. The van der Waals surface area contributed by atoms with Crippen molar-refractivity contribution in [3.05, 3.63) is 76.3 Å². The first kappa shape index (κ1) is 28.9. The number of phenolic OH excluding ortho intramolecular Hbond substituents is 1. The van der Waals surface area contributed by atoms with E-state index in [4.69, 9.17) is 27.9 Å². The lowest BCUT2D eigenvalue weighted by Gasteiger charge is -2.60. The number of likely N-dealkylation sites (tertiary alicyclic amines) is 1. The number of halogens is 2. The second-order valence-electron chi connectivity index (χ2n) is 11.4. The van der Waals surface area contributed by atoms with E-state index >= 15 is 0 Å². The Labute approximate surface area is 237 Å². The first-order chi connectivity index (χ1) is 18.1. The van der Waals surface area contributed by atoms with Gasteiger partial charge in [0.15, 0.2) is 0 Å². The molecular formula is C31H40Cl2N2O3. The van der Waals surface area contributed by atoms with Crippen LogP contribution in [0.5, 0.6) is 5.75 Å². The van der Waals surface area contributed by atoms with Gasteiger partial charge in [-0.25, -0.2) is 0 Å². The SMILES string of the molecule is C=CCN1CCC2(c3cccc(O)c3)CC(N(CC(C)C)C(=O)Cc3ccc(Cl)c(Cl)c3)CCC2(OC)C1. The highest BCUT2D eigenvalue weighted by Gasteiger charge is 2.59. The van der Waals surface area contributed by atoms with Gasteiger partial charge in [0.25, 0.3) is 0 Å². The molecule has 3 atom stereocenters. The normalized spacial score (nSPS) is 25.7. The van der Waals surface area contributed by atoms with Crippen LogP contribution < -0.4 is 0 Å². The van der Waals surface area contributed by atoms with Crippen molar-refractivity contribution in [2.24, 2.45) is 5.92 Å². The minimum absolute atomic E-state index is 0.0595. The van der Waals surface area contributed by atoms with E-state index in [-0.39, 0.29) is 29.5 Å². The number of carbonyl (C=O) groups excluding carboxylic acids is 1. The molecular weight excluding hydrogens is 519 g/mol. The van der Waals surface area contributed by atoms with Crippen molar-refractivity contribution in [1.29, 1.82) is 0 Å². The largest absolute Gasteiger partial charge is 0.508 e. The summed E-state index contributed by atoms with van der Waals surface area (Å²) in [5.74, 6) is 0.683. The van der Waals surface area contributed by atoms with Crippen LogP contribution in [0.3, 0.4) is 0 Å². The van der Waals surface area contributed by atoms with Crippen molar-refractivity contribution in [2.75, 3.05) is 33.3 Å². The number of aromatic hydroxyl groups is 1. The number of hydrogen-bond acceptors (Lipinski definition) is 4. The molecule has 1 amide bonds. The fraction of sp³-hybridized carbons (Fsp3) is 0.516. The third kappa shape index (κ3) is 5.77. The molecule has 38 heavy (non-hydrogen) atoms. The molecule has 1 aliphatic heterocycles. The molecule has 0 spiro atoms. The molecule has 7 heteroatoms. The van der Waals surface area contributed by atoms with Gasteiger partial charge < -0.3 is 14.7 Å². The zero-order valence-electron chi connectivity index (χ0n) is 22.8. The zero-order chi connectivity index (χ0) is 27.5. The van der Waals surface area contributed by atoms with Crippen LogP contribution in [0.25, 0.3) is 0 Å². The lowest BCUT2D eigenvalue weighted by atomic mass is 9.55. The number of benzene rings is 2. The topological polar surface area (TPSA) is 53.0 Å². The fourth-order valence-electron chi connectivity index (χ4n) is 6.75. The molecule has 4 rings (SSSR count). The minimum atomic E-state index is -0.422. The van der Waals surface area contributed by atoms with Crippen molar-refractivity contribution < 1.29 is 14.6 Å². The number of rotatable bonds is 9. The second-order valence-corrected chi connectivity index (χ2v) is 12.2. The summed E-state index contributed by atoms with van der Waals surface area (Å²) in [5, 5.41) is 11.4. The summed E-state index contributed by atoms with van der Waals surface area (Å²) in [4.78, 5) is 18.3. The van der Waals surface area contributed by atoms with Gasteiger partial charge in [0, 0.05) is 38.2 Å². The summed E-state index contributed by atoms with van der Waals surface area (Å²) in [5.41, 5.74) is 1.19. The summed E-state index contributed by atoms with van der Waals surface area (Å²) in [6.07, 6.45) is 5.57. The van der Waals surface area contributed by atoms with Crippen LogP contribution >= 0.6 is 23.2 Å². The highest BCUT2D eigenvalue weighted by atomic mass is 35.5. The number of piperidine rings is 1. The first-order valence-corrected chi connectivity index (χ1v) is 14.3. The Hall–Kier alpha value is -2.05. The van der Waals surface area contributed by atoms with Crippen LogP contribution in [-0.4, -0.2) is 65.7 Å². The predicted octanol–water partition coefficient (Wildman–Crippen LogP) is 6.49. The van der Waals surface area contributed by atoms with E-state index < -0.39 is 5.60 Å². The minimum Gasteiger partial charge on any atom is -0.508 e. The van der Waals surface area contributed by atoms with E-state index in [0.29, 0.717) is 22.5 Å². The molecule has 2 fully saturated rings. The predicted molar refractivity (Wildman–Crippen MR) is 155 cm³/mol. The molecule has 2 aromatic rings. The third-order valence-corrected chi connectivity index (χ3v) is 9.25. The average Bonchev–Trinajstić information content (AvgIpc) is 2.89. The van der Waals surface area contributed by atoms with Gasteiger partial charge in [0.05, 0.1) is 22.1 Å². The number of carbonyl (C=O) groups is 1. The Morgan fingerprint density at radius 1 is 1.24 bits per heavy atom. The second kappa shape index (κ2) is 12.0. The average molecular weight is 560 g/mol. The number of ether oxygens (including phenoxy) is 1. The van der Waals surface area contributed by atoms with Crippen LogP contribution in [-0.2, 0) is 21.4 Å². The van der Waals surface area contributed by atoms with Gasteiger partial charge in [-0.2, -0.15) is 0 Å². The standard InChI is InChI=1S/C31H40Cl2N2O3/c1-5-14-34-15-13-30(24-7-6-8-26(36)18-24)19-25(11-12-31(30,21-34)38-4)35(20-22(2)3)29(37)17-23-9-10-27(32)28(33)16-23/h5-10,16,18,22,25,36H,1,11-15,17,19-21H2,2-4H3. The Morgan fingerprint density at radius 3 is 2.68 bits per heavy atom. The summed E-state index contributed by atoms with van der Waals surface area (Å²) >= 11 is 12.4. The van der Waals surface area contributed by atoms with Gasteiger partial charge in [0.2, 0.25) is 5.91 Å². The molecule has 3 unspecified atom stereocenters. The zero-order valence-corrected chi connectivity index (χ0v) is 24.3. The molecule has 5 nitrogen and oxygen atoms in total. The quantitative estimate of drug-likeness (QED) is 0.357. The number of phenols is 1. The van der Waals surface area contributed by atoms with Crippen molar-refractivity contribution in [3.63, 3.8) is 0 Å². The van der Waals surface area contributed by atoms with E-state index in [1.165, 1.54) is 0 Å². The smallest absolute Gasteiger partial charge is 0.227 e. The van der Waals surface area contributed by atoms with Crippen LogP contribution in [0.15, 0.2) is 55.1 Å². The first-order valence-electron chi connectivity index (χ1n) is 13.5. The number of fused-ring (bicyclic) bond motifs is 1. The molecule has 206 valence electrons. The Kier molecular flexibility index (Phi) is 9.14. The van der Waals surface area contributed by atoms with Crippen molar-refractivity contribution in [1.82, 2.24) is 9.80 Å². The van der Waals surface area contributed by atoms with Gasteiger partial charge in [-0.3, -0.25) is 9.69 Å². The van der Waals surface area contributed by atoms with Crippen LogP contribution in [0, 0.1) is 5.92 Å². The molecule has 0 bridgehead atoms. The molecule has 1 aliphatic carbocycles. The van der Waals surface area contributed by atoms with Gasteiger partial charge in [-0.1, -0.05) is 61.3 Å². The number of amides is 1.